The van der Waals surface area contributed by atoms with Crippen LogP contribution in [0.15, 0.2) is 36.4 Å². The number of hydrogen-bond donors (Lipinski definition) is 2. The minimum Gasteiger partial charge on any atom is -0.489 e. The summed E-state index contributed by atoms with van der Waals surface area (Å²) < 4.78 is 25.6. The molecule has 2 N–H and O–H groups in total. The molecule has 6 heteroatoms. The van der Waals surface area contributed by atoms with E-state index >= 15 is 0 Å². The van der Waals surface area contributed by atoms with Gasteiger partial charge in [0.05, 0.1) is 0 Å². The average molecular weight is 359 g/mol. The van der Waals surface area contributed by atoms with Crippen LogP contribution < -0.4 is 15.0 Å². The highest BCUT2D eigenvalue weighted by molar-refractivity contribution is 5.74. The van der Waals surface area contributed by atoms with Crippen molar-refractivity contribution in [3.05, 3.63) is 58.9 Å². The van der Waals surface area contributed by atoms with Gasteiger partial charge in [-0.3, -0.25) is 10.0 Å². The van der Waals surface area contributed by atoms with Crippen molar-refractivity contribution < 1.29 is 23.9 Å². The van der Waals surface area contributed by atoms with Gasteiger partial charge in [-0.1, -0.05) is 12.1 Å². The number of hydrogen-bond acceptors (Lipinski definition) is 4. The summed E-state index contributed by atoms with van der Waals surface area (Å²) in [7, 11) is 0. The quantitative estimate of drug-likeness (QED) is 0.611. The summed E-state index contributed by atoms with van der Waals surface area (Å²) >= 11 is 0. The molecule has 5 nitrogen and oxygen atoms in total. The second-order valence-electron chi connectivity index (χ2n) is 7.06. The number of hydroxylamine groups is 1. The molecular formula is C20H22FNO4. The fourth-order valence-corrected chi connectivity index (χ4v) is 3.08. The summed E-state index contributed by atoms with van der Waals surface area (Å²) in [6.45, 7) is 4.17. The summed E-state index contributed by atoms with van der Waals surface area (Å²) in [4.78, 5) is 11.0. The second kappa shape index (κ2) is 7.33. The van der Waals surface area contributed by atoms with E-state index in [0.717, 1.165) is 11.1 Å². The molecule has 0 aromatic heterocycles. The van der Waals surface area contributed by atoms with Gasteiger partial charge in [-0.25, -0.2) is 9.87 Å². The van der Waals surface area contributed by atoms with Crippen molar-refractivity contribution in [2.75, 3.05) is 0 Å². The van der Waals surface area contributed by atoms with Gasteiger partial charge in [0.2, 0.25) is 5.91 Å². The molecule has 1 aliphatic heterocycles. The van der Waals surface area contributed by atoms with E-state index in [1.807, 2.05) is 26.0 Å². The van der Waals surface area contributed by atoms with Crippen LogP contribution in [0, 0.1) is 5.82 Å². The molecule has 0 bridgehead atoms. The number of ether oxygens (including phenoxy) is 2. The minimum absolute atomic E-state index is 0.208. The Morgan fingerprint density at radius 2 is 2.04 bits per heavy atom. The maximum absolute atomic E-state index is 13.9. The third kappa shape index (κ3) is 4.32. The molecule has 0 aliphatic carbocycles. The number of amides is 1. The fraction of sp³-hybridized carbons (Fsp3) is 0.350. The molecule has 1 aliphatic rings. The topological polar surface area (TPSA) is 67.8 Å². The first-order valence-corrected chi connectivity index (χ1v) is 8.51. The molecule has 2 aromatic carbocycles. The zero-order valence-electron chi connectivity index (χ0n) is 14.8. The monoisotopic (exact) mass is 359 g/mol. The van der Waals surface area contributed by atoms with Gasteiger partial charge in [0.25, 0.3) is 0 Å². The van der Waals surface area contributed by atoms with Crippen LogP contribution in [0.2, 0.25) is 0 Å². The van der Waals surface area contributed by atoms with Gasteiger partial charge in [0.15, 0.2) is 0 Å². The Hall–Kier alpha value is -2.60. The van der Waals surface area contributed by atoms with Crippen LogP contribution >= 0.6 is 0 Å². The number of fused-ring (bicyclic) bond motifs is 1. The average Bonchev–Trinajstić information content (AvgIpc) is 2.92. The summed E-state index contributed by atoms with van der Waals surface area (Å²) in [5.41, 5.74) is 3.78. The predicted molar refractivity (Wildman–Crippen MR) is 93.8 cm³/mol. The molecule has 0 unspecified atom stereocenters. The molecule has 26 heavy (non-hydrogen) atoms. The number of halogens is 1. The molecule has 0 saturated carbocycles. The van der Waals surface area contributed by atoms with E-state index in [2.05, 4.69) is 0 Å². The molecule has 0 radical (unpaired) electrons. The summed E-state index contributed by atoms with van der Waals surface area (Å²) in [5.74, 6) is 0.646. The van der Waals surface area contributed by atoms with Crippen LogP contribution in [-0.2, 0) is 24.2 Å². The van der Waals surface area contributed by atoms with Gasteiger partial charge < -0.3 is 9.47 Å². The van der Waals surface area contributed by atoms with Crippen molar-refractivity contribution in [1.29, 1.82) is 0 Å². The van der Waals surface area contributed by atoms with Crippen LogP contribution in [0.4, 0.5) is 4.39 Å². The normalized spacial score (nSPS) is 14.5. The lowest BCUT2D eigenvalue weighted by Crippen LogP contribution is -2.25. The number of nitrogens with one attached hydrogen (secondary N) is 1. The minimum atomic E-state index is -0.423. The highest BCUT2D eigenvalue weighted by Crippen LogP contribution is 2.38. The van der Waals surface area contributed by atoms with Crippen LogP contribution in [0.25, 0.3) is 0 Å². The van der Waals surface area contributed by atoms with Crippen molar-refractivity contribution >= 4 is 5.91 Å². The summed E-state index contributed by atoms with van der Waals surface area (Å²) in [6, 6.07) is 10.3. The Kier molecular flexibility index (Phi) is 5.13. The Balaban J connectivity index is 1.64. The van der Waals surface area contributed by atoms with Gasteiger partial charge in [-0.2, -0.15) is 0 Å². The Morgan fingerprint density at radius 1 is 1.31 bits per heavy atom. The number of rotatable bonds is 6. The Bertz CT molecular complexity index is 802. The maximum Gasteiger partial charge on any atom is 0.243 e. The van der Waals surface area contributed by atoms with Crippen molar-refractivity contribution in [3.8, 4) is 11.5 Å². The van der Waals surface area contributed by atoms with E-state index in [1.165, 1.54) is 12.1 Å². The second-order valence-corrected chi connectivity index (χ2v) is 7.06. The number of carbonyl (C=O) groups excluding carboxylic acids is 1. The van der Waals surface area contributed by atoms with E-state index < -0.39 is 5.91 Å². The largest absolute Gasteiger partial charge is 0.489 e. The lowest BCUT2D eigenvalue weighted by molar-refractivity contribution is -0.129. The van der Waals surface area contributed by atoms with E-state index in [9.17, 15) is 9.18 Å². The molecule has 3 rings (SSSR count). The molecule has 0 fully saturated rings. The zero-order valence-corrected chi connectivity index (χ0v) is 14.8. The van der Waals surface area contributed by atoms with E-state index in [1.54, 1.807) is 17.6 Å². The summed E-state index contributed by atoms with van der Waals surface area (Å²) in [6.07, 6.45) is 1.40. The van der Waals surface area contributed by atoms with Gasteiger partial charge >= 0.3 is 0 Å². The number of aryl methyl sites for hydroxylation is 1. The van der Waals surface area contributed by atoms with Crippen molar-refractivity contribution in [2.45, 2.75) is 45.3 Å². The molecule has 2 aromatic rings. The van der Waals surface area contributed by atoms with E-state index in [-0.39, 0.29) is 24.4 Å². The van der Waals surface area contributed by atoms with Gasteiger partial charge in [0.1, 0.15) is 29.5 Å². The van der Waals surface area contributed by atoms with Crippen LogP contribution in [-0.4, -0.2) is 16.7 Å². The van der Waals surface area contributed by atoms with Crippen molar-refractivity contribution in [3.63, 3.8) is 0 Å². The van der Waals surface area contributed by atoms with Crippen LogP contribution in [0.3, 0.4) is 0 Å². The fourth-order valence-electron chi connectivity index (χ4n) is 3.08. The standard InChI is InChI=1S/C20H22FNO4/c1-20(2)11-14-9-16(21)10-15(19(14)26-20)12-25-17-6-3-13(4-7-17)5-8-18(23)22-24/h3-4,6-7,9-10,24H,5,8,11-12H2,1-2H3,(H,22,23). The third-order valence-electron chi connectivity index (χ3n) is 4.29. The molecule has 0 spiro atoms. The first-order chi connectivity index (χ1) is 12.4. The highest BCUT2D eigenvalue weighted by atomic mass is 19.1. The number of benzene rings is 2. The molecule has 0 saturated heterocycles. The zero-order chi connectivity index (χ0) is 18.7. The molecule has 1 heterocycles. The molecule has 138 valence electrons. The van der Waals surface area contributed by atoms with Gasteiger partial charge in [0, 0.05) is 24.0 Å². The number of carbonyl (C=O) groups is 1. The van der Waals surface area contributed by atoms with Crippen LogP contribution in [0.5, 0.6) is 11.5 Å². The van der Waals surface area contributed by atoms with E-state index in [4.69, 9.17) is 14.7 Å². The third-order valence-corrected chi connectivity index (χ3v) is 4.29. The SMILES string of the molecule is CC1(C)Cc2cc(F)cc(COc3ccc(CCC(=O)NO)cc3)c2O1. The first kappa shape index (κ1) is 18.2. The maximum atomic E-state index is 13.9. The lowest BCUT2D eigenvalue weighted by Gasteiger charge is -2.18. The van der Waals surface area contributed by atoms with Crippen LogP contribution in [0.1, 0.15) is 37.0 Å². The Morgan fingerprint density at radius 3 is 2.73 bits per heavy atom. The highest BCUT2D eigenvalue weighted by Gasteiger charge is 2.32. The van der Waals surface area contributed by atoms with Crippen molar-refractivity contribution in [1.82, 2.24) is 5.48 Å². The molecular weight excluding hydrogens is 337 g/mol. The summed E-state index contributed by atoms with van der Waals surface area (Å²) in [5, 5.41) is 8.50. The van der Waals surface area contributed by atoms with Gasteiger partial charge in [-0.05, 0) is 50.1 Å². The molecule has 0 atom stereocenters. The smallest absolute Gasteiger partial charge is 0.243 e. The molecule has 1 amide bonds. The van der Waals surface area contributed by atoms with E-state index in [0.29, 0.717) is 29.9 Å². The van der Waals surface area contributed by atoms with Crippen molar-refractivity contribution in [2.24, 2.45) is 0 Å². The first-order valence-electron chi connectivity index (χ1n) is 8.51. The lowest BCUT2D eigenvalue weighted by atomic mass is 10.0. The Labute approximate surface area is 151 Å². The predicted octanol–water partition coefficient (Wildman–Crippen LogP) is 3.56. The van der Waals surface area contributed by atoms with Gasteiger partial charge in [-0.15, -0.1) is 0 Å².